The van der Waals surface area contributed by atoms with Crippen molar-refractivity contribution in [1.82, 2.24) is 15.0 Å². The van der Waals surface area contributed by atoms with E-state index in [1.54, 1.807) is 0 Å². The lowest BCUT2D eigenvalue weighted by Crippen LogP contribution is -2.15. The van der Waals surface area contributed by atoms with Crippen molar-refractivity contribution >= 4 is 6.29 Å². The van der Waals surface area contributed by atoms with Crippen molar-refractivity contribution in [2.45, 2.75) is 44.9 Å². The summed E-state index contributed by atoms with van der Waals surface area (Å²) < 4.78 is 1.83. The van der Waals surface area contributed by atoms with Crippen LogP contribution in [0.5, 0.6) is 0 Å². The van der Waals surface area contributed by atoms with Crippen LogP contribution in [0.15, 0.2) is 24.3 Å². The molecule has 4 nitrogen and oxygen atoms in total. The predicted octanol–water partition coefficient (Wildman–Crippen LogP) is 3.47. The average molecular weight is 269 g/mol. The van der Waals surface area contributed by atoms with E-state index >= 15 is 0 Å². The topological polar surface area (TPSA) is 47.8 Å². The Morgan fingerprint density at radius 2 is 1.95 bits per heavy atom. The Hall–Kier alpha value is -1.97. The Labute approximate surface area is 118 Å². The number of hydrogen-bond donors (Lipinski definition) is 0. The monoisotopic (exact) mass is 269 g/mol. The minimum Gasteiger partial charge on any atom is -0.296 e. The standard InChI is InChI=1S/C16H19N3O/c1-11(2)12-6-8-14(9-7-12)19-16(13-4-3-5-13)15(10-20)17-18-19/h6-11,13H,3-5H2,1-2H3. The molecule has 4 heteroatoms. The summed E-state index contributed by atoms with van der Waals surface area (Å²) in [6.45, 7) is 4.35. The van der Waals surface area contributed by atoms with Gasteiger partial charge in [-0.25, -0.2) is 4.68 Å². The lowest BCUT2D eigenvalue weighted by Gasteiger charge is -2.26. The molecule has 0 amide bonds. The fraction of sp³-hybridized carbons (Fsp3) is 0.438. The van der Waals surface area contributed by atoms with Crippen molar-refractivity contribution in [3.8, 4) is 5.69 Å². The van der Waals surface area contributed by atoms with Crippen LogP contribution in [-0.4, -0.2) is 21.3 Å². The number of carbonyl (C=O) groups excluding carboxylic acids is 1. The van der Waals surface area contributed by atoms with Gasteiger partial charge in [-0.3, -0.25) is 4.79 Å². The van der Waals surface area contributed by atoms with E-state index in [9.17, 15) is 4.79 Å². The first-order valence-electron chi connectivity index (χ1n) is 7.22. The van der Waals surface area contributed by atoms with Gasteiger partial charge in [0, 0.05) is 5.92 Å². The van der Waals surface area contributed by atoms with Crippen LogP contribution in [0.1, 0.15) is 66.7 Å². The molecule has 0 atom stereocenters. The molecule has 1 fully saturated rings. The summed E-state index contributed by atoms with van der Waals surface area (Å²) in [5.41, 5.74) is 3.75. The molecule has 2 aromatic rings. The zero-order valence-corrected chi connectivity index (χ0v) is 11.9. The van der Waals surface area contributed by atoms with Gasteiger partial charge in [-0.15, -0.1) is 5.10 Å². The van der Waals surface area contributed by atoms with E-state index in [0.29, 0.717) is 17.5 Å². The highest BCUT2D eigenvalue weighted by Gasteiger charge is 2.28. The van der Waals surface area contributed by atoms with E-state index in [2.05, 4.69) is 48.4 Å². The Morgan fingerprint density at radius 1 is 1.25 bits per heavy atom. The van der Waals surface area contributed by atoms with Crippen LogP contribution >= 0.6 is 0 Å². The third-order valence-corrected chi connectivity index (χ3v) is 4.14. The van der Waals surface area contributed by atoms with Crippen molar-refractivity contribution in [2.24, 2.45) is 0 Å². The van der Waals surface area contributed by atoms with E-state index in [1.807, 2.05) is 4.68 Å². The maximum atomic E-state index is 11.1. The van der Waals surface area contributed by atoms with E-state index in [0.717, 1.165) is 30.5 Å². The number of aromatic nitrogens is 3. The molecule has 1 aromatic heterocycles. The maximum absolute atomic E-state index is 11.1. The number of carbonyl (C=O) groups is 1. The Morgan fingerprint density at radius 3 is 2.45 bits per heavy atom. The highest BCUT2D eigenvalue weighted by Crippen LogP contribution is 2.38. The van der Waals surface area contributed by atoms with E-state index in [-0.39, 0.29) is 0 Å². The highest BCUT2D eigenvalue weighted by molar-refractivity contribution is 5.74. The maximum Gasteiger partial charge on any atom is 0.172 e. The third kappa shape index (κ3) is 2.15. The molecule has 1 aliphatic rings. The van der Waals surface area contributed by atoms with Crippen molar-refractivity contribution in [1.29, 1.82) is 0 Å². The van der Waals surface area contributed by atoms with Crippen molar-refractivity contribution in [2.75, 3.05) is 0 Å². The largest absolute Gasteiger partial charge is 0.296 e. The van der Waals surface area contributed by atoms with E-state index in [1.165, 1.54) is 12.0 Å². The first-order valence-corrected chi connectivity index (χ1v) is 7.22. The second-order valence-electron chi connectivity index (χ2n) is 5.76. The SMILES string of the molecule is CC(C)c1ccc(-n2nnc(C=O)c2C2CCC2)cc1. The lowest BCUT2D eigenvalue weighted by molar-refractivity contribution is 0.111. The molecule has 1 heterocycles. The van der Waals surface area contributed by atoms with Gasteiger partial charge in [-0.1, -0.05) is 37.6 Å². The third-order valence-electron chi connectivity index (χ3n) is 4.14. The Kier molecular flexibility index (Phi) is 3.38. The van der Waals surface area contributed by atoms with Crippen LogP contribution in [0.3, 0.4) is 0 Å². The zero-order valence-electron chi connectivity index (χ0n) is 11.9. The van der Waals surface area contributed by atoms with Crippen LogP contribution in [0.2, 0.25) is 0 Å². The second-order valence-corrected chi connectivity index (χ2v) is 5.76. The average Bonchev–Trinajstić information content (AvgIpc) is 2.80. The van der Waals surface area contributed by atoms with E-state index < -0.39 is 0 Å². The van der Waals surface area contributed by atoms with Gasteiger partial charge in [0.25, 0.3) is 0 Å². The van der Waals surface area contributed by atoms with Crippen molar-refractivity contribution < 1.29 is 4.79 Å². The van der Waals surface area contributed by atoms with Crippen LogP contribution in [0, 0.1) is 0 Å². The number of aldehydes is 1. The Bertz CT molecular complexity index is 609. The summed E-state index contributed by atoms with van der Waals surface area (Å²) in [4.78, 5) is 11.1. The van der Waals surface area contributed by atoms with Crippen molar-refractivity contribution in [3.63, 3.8) is 0 Å². The molecule has 0 saturated heterocycles. The molecule has 3 rings (SSSR count). The molecule has 1 aromatic carbocycles. The molecule has 0 spiro atoms. The molecule has 0 aliphatic heterocycles. The van der Waals surface area contributed by atoms with Crippen LogP contribution in [0.25, 0.3) is 5.69 Å². The van der Waals surface area contributed by atoms with Crippen LogP contribution < -0.4 is 0 Å². The van der Waals surface area contributed by atoms with Gasteiger partial charge in [0.1, 0.15) is 5.69 Å². The van der Waals surface area contributed by atoms with Gasteiger partial charge >= 0.3 is 0 Å². The molecule has 0 bridgehead atoms. The second kappa shape index (κ2) is 5.19. The normalized spacial score (nSPS) is 15.3. The summed E-state index contributed by atoms with van der Waals surface area (Å²) >= 11 is 0. The first-order chi connectivity index (χ1) is 9.70. The van der Waals surface area contributed by atoms with Gasteiger partial charge < -0.3 is 0 Å². The smallest absolute Gasteiger partial charge is 0.172 e. The molecule has 1 saturated carbocycles. The molecule has 1 aliphatic carbocycles. The minimum absolute atomic E-state index is 0.426. The van der Waals surface area contributed by atoms with Gasteiger partial charge in [0.2, 0.25) is 0 Å². The number of nitrogens with zero attached hydrogens (tertiary/aromatic N) is 3. The molecule has 0 radical (unpaired) electrons. The van der Waals surface area contributed by atoms with Gasteiger partial charge in [-0.05, 0) is 36.5 Å². The molecule has 0 N–H and O–H groups in total. The quantitative estimate of drug-likeness (QED) is 0.798. The van der Waals surface area contributed by atoms with Crippen LogP contribution in [-0.2, 0) is 0 Å². The van der Waals surface area contributed by atoms with Gasteiger partial charge in [0.15, 0.2) is 6.29 Å². The highest BCUT2D eigenvalue weighted by atomic mass is 16.1. The number of hydrogen-bond acceptors (Lipinski definition) is 3. The molecular weight excluding hydrogens is 250 g/mol. The summed E-state index contributed by atoms with van der Waals surface area (Å²) in [5.74, 6) is 0.936. The van der Waals surface area contributed by atoms with Crippen molar-refractivity contribution in [3.05, 3.63) is 41.2 Å². The molecule has 0 unspecified atom stereocenters. The summed E-state index contributed by atoms with van der Waals surface area (Å²) in [5, 5.41) is 8.19. The van der Waals surface area contributed by atoms with Gasteiger partial charge in [0.05, 0.1) is 11.4 Å². The summed E-state index contributed by atoms with van der Waals surface area (Å²) in [6, 6.07) is 8.35. The Balaban J connectivity index is 2.00. The van der Waals surface area contributed by atoms with Gasteiger partial charge in [-0.2, -0.15) is 0 Å². The number of rotatable bonds is 4. The minimum atomic E-state index is 0.426. The zero-order chi connectivity index (χ0) is 14.1. The fourth-order valence-electron chi connectivity index (χ4n) is 2.64. The predicted molar refractivity (Wildman–Crippen MR) is 77.4 cm³/mol. The molecule has 104 valence electrons. The summed E-state index contributed by atoms with van der Waals surface area (Å²) in [7, 11) is 0. The summed E-state index contributed by atoms with van der Waals surface area (Å²) in [6.07, 6.45) is 4.29. The molecular formula is C16H19N3O. The van der Waals surface area contributed by atoms with Crippen LogP contribution in [0.4, 0.5) is 0 Å². The molecule has 20 heavy (non-hydrogen) atoms. The first kappa shape index (κ1) is 13.0. The van der Waals surface area contributed by atoms with E-state index in [4.69, 9.17) is 0 Å². The lowest BCUT2D eigenvalue weighted by atomic mass is 9.82. The number of benzene rings is 1. The fourth-order valence-corrected chi connectivity index (χ4v) is 2.64.